The van der Waals surface area contributed by atoms with Gasteiger partial charge < -0.3 is 16.8 Å². The van der Waals surface area contributed by atoms with Crippen LogP contribution in [0.3, 0.4) is 0 Å². The molecule has 1 saturated heterocycles. The molecule has 0 aromatic rings. The molecule has 6 heteroatoms. The van der Waals surface area contributed by atoms with Gasteiger partial charge in [0.25, 0.3) is 0 Å². The van der Waals surface area contributed by atoms with Crippen LogP contribution in [0.2, 0.25) is 0 Å². The van der Waals surface area contributed by atoms with Gasteiger partial charge in [-0.2, -0.15) is 0 Å². The average molecular weight is 268 g/mol. The number of primary amides is 1. The Kier molecular flexibility index (Phi) is 4.42. The Morgan fingerprint density at radius 3 is 2.32 bits per heavy atom. The SMILES string of the molecule is NC(=O)CN1CCC(NC(=O)C2(N)CCCC2)CC1. The van der Waals surface area contributed by atoms with Crippen LogP contribution in [0.1, 0.15) is 38.5 Å². The molecule has 2 aliphatic rings. The van der Waals surface area contributed by atoms with Crippen LogP contribution in [0.25, 0.3) is 0 Å². The van der Waals surface area contributed by atoms with Gasteiger partial charge in [-0.3, -0.25) is 14.5 Å². The molecule has 0 aromatic carbocycles. The number of nitrogens with one attached hydrogen (secondary N) is 1. The molecule has 19 heavy (non-hydrogen) atoms. The summed E-state index contributed by atoms with van der Waals surface area (Å²) in [6, 6.07) is 0.178. The molecule has 1 heterocycles. The van der Waals surface area contributed by atoms with Crippen molar-refractivity contribution in [2.75, 3.05) is 19.6 Å². The summed E-state index contributed by atoms with van der Waals surface area (Å²) >= 11 is 0. The van der Waals surface area contributed by atoms with Gasteiger partial charge in [-0.05, 0) is 25.7 Å². The van der Waals surface area contributed by atoms with E-state index in [1.807, 2.05) is 4.90 Å². The van der Waals surface area contributed by atoms with E-state index >= 15 is 0 Å². The monoisotopic (exact) mass is 268 g/mol. The number of hydrogen-bond acceptors (Lipinski definition) is 4. The molecule has 1 aliphatic heterocycles. The van der Waals surface area contributed by atoms with Crippen molar-refractivity contribution in [1.82, 2.24) is 10.2 Å². The van der Waals surface area contributed by atoms with Crippen molar-refractivity contribution in [3.63, 3.8) is 0 Å². The first-order valence-electron chi connectivity index (χ1n) is 7.10. The van der Waals surface area contributed by atoms with Gasteiger partial charge in [-0.25, -0.2) is 0 Å². The molecule has 0 bridgehead atoms. The average Bonchev–Trinajstić information content (AvgIpc) is 2.79. The van der Waals surface area contributed by atoms with E-state index in [0.717, 1.165) is 51.6 Å². The largest absolute Gasteiger partial charge is 0.369 e. The van der Waals surface area contributed by atoms with E-state index in [4.69, 9.17) is 11.5 Å². The Morgan fingerprint density at radius 1 is 1.21 bits per heavy atom. The van der Waals surface area contributed by atoms with Crippen molar-refractivity contribution in [2.24, 2.45) is 11.5 Å². The molecule has 5 N–H and O–H groups in total. The summed E-state index contributed by atoms with van der Waals surface area (Å²) in [7, 11) is 0. The highest BCUT2D eigenvalue weighted by Crippen LogP contribution is 2.27. The molecule has 6 nitrogen and oxygen atoms in total. The normalized spacial score (nSPS) is 24.3. The van der Waals surface area contributed by atoms with Crippen molar-refractivity contribution in [3.8, 4) is 0 Å². The maximum atomic E-state index is 12.2. The molecule has 2 rings (SSSR count). The molecule has 108 valence electrons. The zero-order chi connectivity index (χ0) is 13.9. The van der Waals surface area contributed by atoms with E-state index < -0.39 is 5.54 Å². The number of hydrogen-bond donors (Lipinski definition) is 3. The Hall–Kier alpha value is -1.14. The summed E-state index contributed by atoms with van der Waals surface area (Å²) in [4.78, 5) is 25.0. The van der Waals surface area contributed by atoms with E-state index in [1.165, 1.54) is 0 Å². The van der Waals surface area contributed by atoms with Gasteiger partial charge in [0.15, 0.2) is 0 Å². The first kappa shape index (κ1) is 14.3. The number of nitrogens with zero attached hydrogens (tertiary/aromatic N) is 1. The number of piperidine rings is 1. The van der Waals surface area contributed by atoms with Crippen molar-refractivity contribution < 1.29 is 9.59 Å². The van der Waals surface area contributed by atoms with Crippen LogP contribution in [-0.4, -0.2) is 47.9 Å². The smallest absolute Gasteiger partial charge is 0.240 e. The van der Waals surface area contributed by atoms with Gasteiger partial charge in [-0.15, -0.1) is 0 Å². The van der Waals surface area contributed by atoms with E-state index in [0.29, 0.717) is 6.54 Å². The fraction of sp³-hybridized carbons (Fsp3) is 0.846. The van der Waals surface area contributed by atoms with E-state index in [-0.39, 0.29) is 17.9 Å². The number of nitrogens with two attached hydrogens (primary N) is 2. The lowest BCUT2D eigenvalue weighted by Crippen LogP contribution is -2.56. The summed E-state index contributed by atoms with van der Waals surface area (Å²) in [5.74, 6) is -0.298. The van der Waals surface area contributed by atoms with Gasteiger partial charge in [0.2, 0.25) is 11.8 Å². The highest BCUT2D eigenvalue weighted by atomic mass is 16.2. The minimum Gasteiger partial charge on any atom is -0.369 e. The van der Waals surface area contributed by atoms with Gasteiger partial charge in [0, 0.05) is 19.1 Å². The second-order valence-corrected chi connectivity index (χ2v) is 5.85. The zero-order valence-corrected chi connectivity index (χ0v) is 11.4. The molecule has 0 spiro atoms. The Bertz CT molecular complexity index is 345. The lowest BCUT2D eigenvalue weighted by Gasteiger charge is -2.33. The molecule has 0 aromatic heterocycles. The topological polar surface area (TPSA) is 101 Å². The number of amides is 2. The fourth-order valence-corrected chi connectivity index (χ4v) is 3.02. The third kappa shape index (κ3) is 3.67. The van der Waals surface area contributed by atoms with Crippen LogP contribution in [0, 0.1) is 0 Å². The van der Waals surface area contributed by atoms with Gasteiger partial charge in [0.1, 0.15) is 0 Å². The van der Waals surface area contributed by atoms with Crippen LogP contribution in [0.4, 0.5) is 0 Å². The maximum absolute atomic E-state index is 12.2. The lowest BCUT2D eigenvalue weighted by molar-refractivity contribution is -0.127. The molecule has 0 unspecified atom stereocenters. The highest BCUT2D eigenvalue weighted by molar-refractivity contribution is 5.86. The van der Waals surface area contributed by atoms with E-state index in [2.05, 4.69) is 5.32 Å². The fourth-order valence-electron chi connectivity index (χ4n) is 3.02. The summed E-state index contributed by atoms with van der Waals surface area (Å²) in [6.45, 7) is 1.90. The molecule has 2 amide bonds. The second kappa shape index (κ2) is 5.88. The second-order valence-electron chi connectivity index (χ2n) is 5.85. The minimum atomic E-state index is -0.648. The Labute approximate surface area is 113 Å². The Morgan fingerprint density at radius 2 is 1.79 bits per heavy atom. The predicted octanol–water partition coefficient (Wildman–Crippen LogP) is -0.676. The van der Waals surface area contributed by atoms with Gasteiger partial charge in [-0.1, -0.05) is 12.8 Å². The number of carbonyl (C=O) groups is 2. The van der Waals surface area contributed by atoms with Crippen molar-refractivity contribution in [1.29, 1.82) is 0 Å². The minimum absolute atomic E-state index is 0.00153. The van der Waals surface area contributed by atoms with Crippen LogP contribution >= 0.6 is 0 Å². The van der Waals surface area contributed by atoms with Crippen molar-refractivity contribution in [3.05, 3.63) is 0 Å². The third-order valence-electron chi connectivity index (χ3n) is 4.25. The first-order chi connectivity index (χ1) is 8.99. The van der Waals surface area contributed by atoms with Crippen LogP contribution in [-0.2, 0) is 9.59 Å². The standard InChI is InChI=1S/C13H24N4O2/c14-11(18)9-17-7-3-10(4-8-17)16-12(19)13(15)5-1-2-6-13/h10H,1-9,15H2,(H2,14,18)(H,16,19). The van der Waals surface area contributed by atoms with Crippen LogP contribution < -0.4 is 16.8 Å². The summed E-state index contributed by atoms with van der Waals surface area (Å²) in [6.07, 6.45) is 5.38. The molecule has 1 saturated carbocycles. The molecule has 2 fully saturated rings. The number of carbonyl (C=O) groups excluding carboxylic acids is 2. The summed E-state index contributed by atoms with van der Waals surface area (Å²) in [5, 5.41) is 3.07. The molecule has 0 radical (unpaired) electrons. The summed E-state index contributed by atoms with van der Waals surface area (Å²) in [5.41, 5.74) is 10.7. The van der Waals surface area contributed by atoms with E-state index in [1.54, 1.807) is 0 Å². The molecular formula is C13H24N4O2. The molecule has 0 atom stereocenters. The van der Waals surface area contributed by atoms with E-state index in [9.17, 15) is 9.59 Å². The van der Waals surface area contributed by atoms with Crippen LogP contribution in [0.15, 0.2) is 0 Å². The number of rotatable bonds is 4. The van der Waals surface area contributed by atoms with Crippen LogP contribution in [0.5, 0.6) is 0 Å². The molecular weight excluding hydrogens is 244 g/mol. The van der Waals surface area contributed by atoms with Crippen molar-refractivity contribution in [2.45, 2.75) is 50.1 Å². The van der Waals surface area contributed by atoms with Crippen molar-refractivity contribution >= 4 is 11.8 Å². The highest BCUT2D eigenvalue weighted by Gasteiger charge is 2.38. The lowest BCUT2D eigenvalue weighted by atomic mass is 9.96. The van der Waals surface area contributed by atoms with Gasteiger partial charge in [0.05, 0.1) is 12.1 Å². The Balaban J connectivity index is 1.76. The van der Waals surface area contributed by atoms with Gasteiger partial charge >= 0.3 is 0 Å². The quantitative estimate of drug-likeness (QED) is 0.629. The maximum Gasteiger partial charge on any atom is 0.240 e. The zero-order valence-electron chi connectivity index (χ0n) is 11.4. The molecule has 1 aliphatic carbocycles. The third-order valence-corrected chi connectivity index (χ3v) is 4.25. The predicted molar refractivity (Wildman–Crippen MR) is 72.2 cm³/mol. The number of likely N-dealkylation sites (tertiary alicyclic amines) is 1. The first-order valence-corrected chi connectivity index (χ1v) is 7.10. The summed E-state index contributed by atoms with van der Waals surface area (Å²) < 4.78 is 0.